The van der Waals surface area contributed by atoms with Gasteiger partial charge in [0.1, 0.15) is 23.4 Å². The van der Waals surface area contributed by atoms with Crippen LogP contribution in [0.1, 0.15) is 41.7 Å². The largest absolute Gasteiger partial charge is 0.508 e. The Bertz CT molecular complexity index is 756. The molecule has 134 valence electrons. The van der Waals surface area contributed by atoms with Gasteiger partial charge in [-0.1, -0.05) is 12.1 Å². The van der Waals surface area contributed by atoms with E-state index in [0.29, 0.717) is 19.7 Å². The monoisotopic (exact) mass is 344 g/mol. The number of benzene rings is 1. The molecule has 2 atom stereocenters. The Morgan fingerprint density at radius 2 is 2.16 bits per heavy atom. The predicted octanol–water partition coefficient (Wildman–Crippen LogP) is 3.45. The number of phenols is 1. The minimum absolute atomic E-state index is 0.126. The minimum atomic E-state index is -0.236. The number of aromatic hydroxyl groups is 1. The molecule has 1 aromatic carbocycles. The van der Waals surface area contributed by atoms with Gasteiger partial charge in [0.15, 0.2) is 0 Å². The molecule has 0 spiro atoms. The molecule has 2 amide bonds. The van der Waals surface area contributed by atoms with Gasteiger partial charge in [-0.05, 0) is 44.5 Å². The van der Waals surface area contributed by atoms with Crippen LogP contribution in [0.3, 0.4) is 0 Å². The van der Waals surface area contributed by atoms with Gasteiger partial charge in [0.05, 0.1) is 19.2 Å². The summed E-state index contributed by atoms with van der Waals surface area (Å²) in [5.41, 5.74) is 1.86. The lowest BCUT2D eigenvalue weighted by atomic mass is 10.1. The first-order chi connectivity index (χ1) is 11.9. The summed E-state index contributed by atoms with van der Waals surface area (Å²) >= 11 is 0. The maximum Gasteiger partial charge on any atom is 0.318 e. The number of phenolic OH excluding ortho intramolecular Hbond substituents is 1. The van der Waals surface area contributed by atoms with Crippen LogP contribution in [0.15, 0.2) is 34.7 Å². The lowest BCUT2D eigenvalue weighted by Crippen LogP contribution is -2.47. The van der Waals surface area contributed by atoms with Crippen LogP contribution in [0.25, 0.3) is 0 Å². The number of amides is 2. The topological polar surface area (TPSA) is 74.9 Å². The van der Waals surface area contributed by atoms with Gasteiger partial charge in [0.25, 0.3) is 0 Å². The van der Waals surface area contributed by atoms with E-state index in [1.165, 1.54) is 0 Å². The van der Waals surface area contributed by atoms with E-state index in [1.807, 2.05) is 32.9 Å². The van der Waals surface area contributed by atoms with Crippen molar-refractivity contribution in [2.75, 3.05) is 19.7 Å². The van der Waals surface area contributed by atoms with Crippen molar-refractivity contribution in [3.8, 4) is 5.75 Å². The Kier molecular flexibility index (Phi) is 4.99. The van der Waals surface area contributed by atoms with Gasteiger partial charge in [-0.25, -0.2) is 4.79 Å². The van der Waals surface area contributed by atoms with Gasteiger partial charge in [0.2, 0.25) is 0 Å². The number of ether oxygens (including phenoxy) is 1. The van der Waals surface area contributed by atoms with Crippen molar-refractivity contribution in [2.24, 2.45) is 0 Å². The van der Waals surface area contributed by atoms with Crippen molar-refractivity contribution >= 4 is 6.03 Å². The van der Waals surface area contributed by atoms with Crippen molar-refractivity contribution in [3.05, 3.63) is 53.0 Å². The fourth-order valence-electron chi connectivity index (χ4n) is 3.20. The molecule has 25 heavy (non-hydrogen) atoms. The first-order valence-electron chi connectivity index (χ1n) is 8.47. The molecule has 6 nitrogen and oxygen atoms in total. The molecule has 3 rings (SSSR count). The number of nitrogens with one attached hydrogen (secondary N) is 1. The van der Waals surface area contributed by atoms with Crippen LogP contribution in [0.5, 0.6) is 5.75 Å². The van der Waals surface area contributed by atoms with E-state index in [0.717, 1.165) is 22.6 Å². The second-order valence-corrected chi connectivity index (χ2v) is 6.44. The van der Waals surface area contributed by atoms with Gasteiger partial charge >= 0.3 is 6.03 Å². The minimum Gasteiger partial charge on any atom is -0.508 e. The van der Waals surface area contributed by atoms with Crippen LogP contribution >= 0.6 is 0 Å². The van der Waals surface area contributed by atoms with Crippen LogP contribution in [0.2, 0.25) is 0 Å². The van der Waals surface area contributed by atoms with E-state index in [9.17, 15) is 9.90 Å². The third kappa shape index (κ3) is 3.96. The number of hydrogen-bond donors (Lipinski definition) is 2. The Hall–Kier alpha value is -2.47. The molecule has 0 unspecified atom stereocenters. The molecule has 0 radical (unpaired) electrons. The maximum absolute atomic E-state index is 12.6. The molecule has 2 aromatic rings. The maximum atomic E-state index is 12.6. The Morgan fingerprint density at radius 1 is 1.36 bits per heavy atom. The summed E-state index contributed by atoms with van der Waals surface area (Å²) in [6.07, 6.45) is -0.236. The number of furan rings is 1. The smallest absolute Gasteiger partial charge is 0.318 e. The molecule has 6 heteroatoms. The zero-order valence-electron chi connectivity index (χ0n) is 14.8. The van der Waals surface area contributed by atoms with Crippen LogP contribution in [-0.2, 0) is 4.74 Å². The van der Waals surface area contributed by atoms with Gasteiger partial charge in [0, 0.05) is 12.1 Å². The van der Waals surface area contributed by atoms with Gasteiger partial charge < -0.3 is 24.5 Å². The summed E-state index contributed by atoms with van der Waals surface area (Å²) in [6, 6.07) is 8.66. The summed E-state index contributed by atoms with van der Waals surface area (Å²) in [5, 5.41) is 12.7. The summed E-state index contributed by atoms with van der Waals surface area (Å²) in [4.78, 5) is 14.4. The SMILES string of the molecule is Cc1cc([C@@H](C)NC(=O)N2CCO[C@H](c3cccc(O)c3)C2)c(C)o1. The zero-order chi connectivity index (χ0) is 18.0. The summed E-state index contributed by atoms with van der Waals surface area (Å²) < 4.78 is 11.3. The number of urea groups is 1. The predicted molar refractivity (Wildman–Crippen MR) is 93.5 cm³/mol. The quantitative estimate of drug-likeness (QED) is 0.894. The van der Waals surface area contributed by atoms with E-state index in [2.05, 4.69) is 5.32 Å². The normalized spacial score (nSPS) is 18.8. The molecule has 0 saturated carbocycles. The average molecular weight is 344 g/mol. The molecule has 2 heterocycles. The van der Waals surface area contributed by atoms with Gasteiger partial charge in [-0.2, -0.15) is 0 Å². The standard InChI is InChI=1S/C19H24N2O4/c1-12-9-17(14(3)25-12)13(2)20-19(23)21-7-8-24-18(11-21)15-5-4-6-16(22)10-15/h4-6,9-10,13,18,22H,7-8,11H2,1-3H3,(H,20,23)/t13-,18+/m1/s1. The third-order valence-electron chi connectivity index (χ3n) is 4.48. The third-order valence-corrected chi connectivity index (χ3v) is 4.48. The first kappa shape index (κ1) is 17.4. The molecular weight excluding hydrogens is 320 g/mol. The van der Waals surface area contributed by atoms with Crippen molar-refractivity contribution in [1.82, 2.24) is 10.2 Å². The summed E-state index contributed by atoms with van der Waals surface area (Å²) in [5.74, 6) is 1.86. The molecule has 1 aromatic heterocycles. The summed E-state index contributed by atoms with van der Waals surface area (Å²) in [6.45, 7) is 7.20. The van der Waals surface area contributed by atoms with Gasteiger partial charge in [-0.3, -0.25) is 0 Å². The second kappa shape index (κ2) is 7.19. The average Bonchev–Trinajstić information content (AvgIpc) is 2.93. The van der Waals surface area contributed by atoms with E-state index in [-0.39, 0.29) is 23.9 Å². The highest BCUT2D eigenvalue weighted by molar-refractivity contribution is 5.75. The number of carbonyl (C=O) groups excluding carboxylic acids is 1. The molecule has 1 saturated heterocycles. The Morgan fingerprint density at radius 3 is 2.84 bits per heavy atom. The number of rotatable bonds is 3. The second-order valence-electron chi connectivity index (χ2n) is 6.44. The van der Waals surface area contributed by atoms with E-state index < -0.39 is 0 Å². The number of nitrogens with zero attached hydrogens (tertiary/aromatic N) is 1. The van der Waals surface area contributed by atoms with Crippen molar-refractivity contribution < 1.29 is 19.1 Å². The molecule has 1 aliphatic rings. The van der Waals surface area contributed by atoms with Crippen molar-refractivity contribution in [3.63, 3.8) is 0 Å². The number of morpholine rings is 1. The first-order valence-corrected chi connectivity index (χ1v) is 8.47. The lowest BCUT2D eigenvalue weighted by Gasteiger charge is -2.34. The fourth-order valence-corrected chi connectivity index (χ4v) is 3.20. The molecule has 1 aliphatic heterocycles. The van der Waals surface area contributed by atoms with E-state index >= 15 is 0 Å². The molecule has 0 aliphatic carbocycles. The zero-order valence-corrected chi connectivity index (χ0v) is 14.8. The highest BCUT2D eigenvalue weighted by atomic mass is 16.5. The van der Waals surface area contributed by atoms with Crippen molar-refractivity contribution in [2.45, 2.75) is 32.9 Å². The van der Waals surface area contributed by atoms with Crippen LogP contribution in [0, 0.1) is 13.8 Å². The molecule has 0 bridgehead atoms. The van der Waals surface area contributed by atoms with Crippen LogP contribution < -0.4 is 5.32 Å². The highest BCUT2D eigenvalue weighted by Crippen LogP contribution is 2.26. The molecular formula is C19H24N2O4. The lowest BCUT2D eigenvalue weighted by molar-refractivity contribution is -0.0158. The Balaban J connectivity index is 1.65. The molecule has 2 N–H and O–H groups in total. The number of hydrogen-bond acceptors (Lipinski definition) is 4. The van der Waals surface area contributed by atoms with Gasteiger partial charge in [-0.15, -0.1) is 0 Å². The van der Waals surface area contributed by atoms with Crippen LogP contribution in [-0.4, -0.2) is 35.7 Å². The fraction of sp³-hybridized carbons (Fsp3) is 0.421. The highest BCUT2D eigenvalue weighted by Gasteiger charge is 2.27. The number of carbonyl (C=O) groups is 1. The summed E-state index contributed by atoms with van der Waals surface area (Å²) in [7, 11) is 0. The van der Waals surface area contributed by atoms with Crippen LogP contribution in [0.4, 0.5) is 4.79 Å². The van der Waals surface area contributed by atoms with Crippen molar-refractivity contribution in [1.29, 1.82) is 0 Å². The molecule has 1 fully saturated rings. The number of aryl methyl sites for hydroxylation is 2. The Labute approximate surface area is 147 Å². The van der Waals surface area contributed by atoms with E-state index in [4.69, 9.17) is 9.15 Å². The van der Waals surface area contributed by atoms with E-state index in [1.54, 1.807) is 23.1 Å².